The molecule has 1 aromatic carbocycles. The zero-order valence-electron chi connectivity index (χ0n) is 17.0. The van der Waals surface area contributed by atoms with Crippen LogP contribution in [0.15, 0.2) is 47.4 Å². The van der Waals surface area contributed by atoms with Gasteiger partial charge in [0.1, 0.15) is 18.1 Å². The normalized spacial score (nSPS) is 21.3. The van der Waals surface area contributed by atoms with Gasteiger partial charge in [-0.1, -0.05) is 50.3 Å². The Bertz CT molecular complexity index is 865. The van der Waals surface area contributed by atoms with Crippen molar-refractivity contribution in [1.29, 1.82) is 0 Å². The van der Waals surface area contributed by atoms with Gasteiger partial charge < -0.3 is 20.9 Å². The molecule has 1 fully saturated rings. The van der Waals surface area contributed by atoms with Crippen molar-refractivity contribution < 1.29 is 9.84 Å². The van der Waals surface area contributed by atoms with Gasteiger partial charge in [-0.25, -0.2) is 0 Å². The molecule has 0 amide bonds. The molecule has 0 spiro atoms. The van der Waals surface area contributed by atoms with Gasteiger partial charge in [0.15, 0.2) is 0 Å². The maximum atomic E-state index is 9.47. The highest BCUT2D eigenvalue weighted by Gasteiger charge is 2.16. The van der Waals surface area contributed by atoms with Crippen LogP contribution in [0.3, 0.4) is 0 Å². The first-order chi connectivity index (χ1) is 14.2. The largest absolute Gasteiger partial charge is 0.485 e. The highest BCUT2D eigenvalue weighted by Crippen LogP contribution is 2.35. The molecule has 1 aromatic heterocycles. The zero-order valence-corrected chi connectivity index (χ0v) is 17.8. The van der Waals surface area contributed by atoms with E-state index in [-0.39, 0.29) is 6.10 Å². The molecule has 1 saturated carbocycles. The summed E-state index contributed by atoms with van der Waals surface area (Å²) in [6.07, 6.45) is 14.0. The first-order valence-electron chi connectivity index (χ1n) is 10.9. The SMILES string of the molecule is NC(O)C1=CCC(Oc2ccc(CNCCC3CCCCC3)c3ccsc23)C=C1. The number of ether oxygens (including phenoxy) is 1. The van der Waals surface area contributed by atoms with Gasteiger partial charge in [0, 0.05) is 18.4 Å². The quantitative estimate of drug-likeness (QED) is 0.427. The maximum Gasteiger partial charge on any atom is 0.138 e. The fourth-order valence-corrected chi connectivity index (χ4v) is 5.33. The molecule has 29 heavy (non-hydrogen) atoms. The minimum Gasteiger partial charge on any atom is -0.485 e. The van der Waals surface area contributed by atoms with E-state index in [0.29, 0.717) is 0 Å². The Morgan fingerprint density at radius 1 is 1.21 bits per heavy atom. The van der Waals surface area contributed by atoms with Gasteiger partial charge in [0.25, 0.3) is 0 Å². The van der Waals surface area contributed by atoms with Gasteiger partial charge >= 0.3 is 0 Å². The minimum atomic E-state index is -0.916. The standard InChI is InChI=1S/C24H32N2O2S/c25-24(27)18-6-9-20(10-7-18)28-22-11-8-19(21-13-15-29-23(21)22)16-26-14-12-17-4-2-1-3-5-17/h6-9,11,13,15,17,20,24,26-27H,1-5,10,12,14,16,25H2. The van der Waals surface area contributed by atoms with E-state index < -0.39 is 6.23 Å². The van der Waals surface area contributed by atoms with Crippen LogP contribution in [0, 0.1) is 5.92 Å². The summed E-state index contributed by atoms with van der Waals surface area (Å²) < 4.78 is 7.46. The summed E-state index contributed by atoms with van der Waals surface area (Å²) in [6, 6.07) is 6.49. The van der Waals surface area contributed by atoms with Crippen molar-refractivity contribution in [3.05, 3.63) is 52.9 Å². The average molecular weight is 413 g/mol. The van der Waals surface area contributed by atoms with Crippen molar-refractivity contribution in [3.63, 3.8) is 0 Å². The van der Waals surface area contributed by atoms with Crippen molar-refractivity contribution in [2.75, 3.05) is 6.54 Å². The Balaban J connectivity index is 1.34. The van der Waals surface area contributed by atoms with E-state index in [1.807, 2.05) is 18.2 Å². The number of nitrogens with two attached hydrogens (primary N) is 1. The molecule has 2 aliphatic rings. The highest BCUT2D eigenvalue weighted by molar-refractivity contribution is 7.17. The van der Waals surface area contributed by atoms with Crippen LogP contribution in [0.5, 0.6) is 5.75 Å². The Hall–Kier alpha value is -1.66. The molecule has 0 bridgehead atoms. The van der Waals surface area contributed by atoms with E-state index in [4.69, 9.17) is 10.5 Å². The van der Waals surface area contributed by atoms with Crippen LogP contribution in [0.2, 0.25) is 0 Å². The average Bonchev–Trinajstić information content (AvgIpc) is 3.24. The monoisotopic (exact) mass is 412 g/mol. The van der Waals surface area contributed by atoms with Crippen LogP contribution < -0.4 is 15.8 Å². The van der Waals surface area contributed by atoms with Crippen LogP contribution >= 0.6 is 11.3 Å². The van der Waals surface area contributed by atoms with Gasteiger partial charge in [0.2, 0.25) is 0 Å². The van der Waals surface area contributed by atoms with Crippen LogP contribution in [-0.2, 0) is 6.54 Å². The van der Waals surface area contributed by atoms with Gasteiger partial charge in [-0.2, -0.15) is 0 Å². The smallest absolute Gasteiger partial charge is 0.138 e. The number of hydrogen-bond acceptors (Lipinski definition) is 5. The predicted octanol–water partition coefficient (Wildman–Crippen LogP) is 4.87. The van der Waals surface area contributed by atoms with E-state index in [0.717, 1.165) is 36.8 Å². The Labute approximate surface area is 177 Å². The number of benzene rings is 1. The lowest BCUT2D eigenvalue weighted by molar-refractivity contribution is 0.217. The lowest BCUT2D eigenvalue weighted by Crippen LogP contribution is -2.24. The molecule has 4 rings (SSSR count). The summed E-state index contributed by atoms with van der Waals surface area (Å²) in [4.78, 5) is 0. The van der Waals surface area contributed by atoms with E-state index in [1.165, 1.54) is 54.2 Å². The molecule has 5 heteroatoms. The Morgan fingerprint density at radius 2 is 2.07 bits per heavy atom. The first kappa shape index (κ1) is 20.6. The third-order valence-electron chi connectivity index (χ3n) is 6.15. The van der Waals surface area contributed by atoms with Crippen LogP contribution in [-0.4, -0.2) is 24.0 Å². The zero-order chi connectivity index (χ0) is 20.1. The fourth-order valence-electron chi connectivity index (χ4n) is 4.43. The molecule has 0 aliphatic heterocycles. The highest BCUT2D eigenvalue weighted by atomic mass is 32.1. The summed E-state index contributed by atoms with van der Waals surface area (Å²) in [6.45, 7) is 2.01. The van der Waals surface area contributed by atoms with E-state index >= 15 is 0 Å². The van der Waals surface area contributed by atoms with Crippen molar-refractivity contribution in [2.24, 2.45) is 11.7 Å². The molecule has 0 saturated heterocycles. The van der Waals surface area contributed by atoms with Gasteiger partial charge in [-0.15, -0.1) is 11.3 Å². The second-order valence-corrected chi connectivity index (χ2v) is 9.17. The molecular weight excluding hydrogens is 380 g/mol. The fraction of sp³-hybridized carbons (Fsp3) is 0.500. The van der Waals surface area contributed by atoms with Gasteiger partial charge in [0.05, 0.1) is 4.70 Å². The number of aliphatic hydroxyl groups excluding tert-OH is 1. The van der Waals surface area contributed by atoms with Crippen molar-refractivity contribution in [3.8, 4) is 5.75 Å². The summed E-state index contributed by atoms with van der Waals surface area (Å²) in [5, 5.41) is 16.6. The Morgan fingerprint density at radius 3 is 2.83 bits per heavy atom. The third kappa shape index (κ3) is 5.28. The second-order valence-electron chi connectivity index (χ2n) is 8.26. The van der Waals surface area contributed by atoms with Crippen LogP contribution in [0.25, 0.3) is 10.1 Å². The summed E-state index contributed by atoms with van der Waals surface area (Å²) in [7, 11) is 0. The molecule has 4 nitrogen and oxygen atoms in total. The molecule has 156 valence electrons. The minimum absolute atomic E-state index is 0.0257. The number of rotatable bonds is 8. The molecule has 2 atom stereocenters. The number of nitrogens with one attached hydrogen (secondary N) is 1. The second kappa shape index (κ2) is 9.90. The predicted molar refractivity (Wildman–Crippen MR) is 121 cm³/mol. The van der Waals surface area contributed by atoms with Crippen molar-refractivity contribution in [1.82, 2.24) is 5.32 Å². The van der Waals surface area contributed by atoms with Crippen LogP contribution in [0.1, 0.15) is 50.5 Å². The topological polar surface area (TPSA) is 67.5 Å². The lowest BCUT2D eigenvalue weighted by atomic mass is 9.87. The van der Waals surface area contributed by atoms with E-state index in [2.05, 4.69) is 28.9 Å². The molecule has 0 radical (unpaired) electrons. The number of thiophene rings is 1. The lowest BCUT2D eigenvalue weighted by Gasteiger charge is -2.21. The van der Waals surface area contributed by atoms with Gasteiger partial charge in [-0.05, 0) is 53.6 Å². The Kier molecular flexibility index (Phi) is 7.03. The van der Waals surface area contributed by atoms with Crippen LogP contribution in [0.4, 0.5) is 0 Å². The number of aliphatic hydroxyl groups is 1. The third-order valence-corrected chi connectivity index (χ3v) is 7.08. The molecule has 2 unspecified atom stereocenters. The van der Waals surface area contributed by atoms with Crippen molar-refractivity contribution in [2.45, 2.75) is 63.8 Å². The van der Waals surface area contributed by atoms with Gasteiger partial charge in [-0.3, -0.25) is 0 Å². The molecule has 4 N–H and O–H groups in total. The summed E-state index contributed by atoms with van der Waals surface area (Å²) in [5.41, 5.74) is 7.61. The van der Waals surface area contributed by atoms with E-state index in [1.54, 1.807) is 11.3 Å². The molecule has 2 aromatic rings. The first-order valence-corrected chi connectivity index (χ1v) is 11.8. The molecule has 1 heterocycles. The molecular formula is C24H32N2O2S. The van der Waals surface area contributed by atoms with E-state index in [9.17, 15) is 5.11 Å². The summed E-state index contributed by atoms with van der Waals surface area (Å²) >= 11 is 1.73. The number of hydrogen-bond donors (Lipinski definition) is 3. The molecule has 2 aliphatic carbocycles. The summed E-state index contributed by atoms with van der Waals surface area (Å²) in [5.74, 6) is 1.85. The van der Waals surface area contributed by atoms with Crippen molar-refractivity contribution >= 4 is 21.4 Å². The number of fused-ring (bicyclic) bond motifs is 1. The maximum absolute atomic E-state index is 9.47.